The predicted molar refractivity (Wildman–Crippen MR) is 88.3 cm³/mol. The third-order valence-electron chi connectivity index (χ3n) is 4.56. The summed E-state index contributed by atoms with van der Waals surface area (Å²) in [5.74, 6) is 0.809. The smallest absolute Gasteiger partial charge is 0.277 e. The van der Waals surface area contributed by atoms with Crippen molar-refractivity contribution in [3.05, 3.63) is 46.9 Å². The van der Waals surface area contributed by atoms with E-state index in [1.165, 1.54) is 0 Å². The van der Waals surface area contributed by atoms with Crippen molar-refractivity contribution in [2.75, 3.05) is 25.0 Å². The molecule has 2 aliphatic heterocycles. The standard InChI is InChI=1S/C16H18ClN5O/c1-19-7-8-21-15(23)13-14(18-10-20(13)2)22(16(19)21)9-11-3-5-12(17)6-4-11/h3-6,10,16H,7-9H2,1-2H3. The van der Waals surface area contributed by atoms with Gasteiger partial charge in [-0.2, -0.15) is 0 Å². The number of carbonyl (C=O) groups is 1. The van der Waals surface area contributed by atoms with Gasteiger partial charge in [0.05, 0.1) is 6.33 Å². The lowest BCUT2D eigenvalue weighted by Crippen LogP contribution is -2.56. The zero-order valence-electron chi connectivity index (χ0n) is 13.1. The zero-order chi connectivity index (χ0) is 16.1. The Labute approximate surface area is 139 Å². The zero-order valence-corrected chi connectivity index (χ0v) is 13.9. The highest BCUT2D eigenvalue weighted by Gasteiger charge is 2.45. The number of aryl methyl sites for hydroxylation is 1. The summed E-state index contributed by atoms with van der Waals surface area (Å²) in [6, 6.07) is 7.81. The Morgan fingerprint density at radius 2 is 1.96 bits per heavy atom. The molecule has 3 heterocycles. The molecule has 6 nitrogen and oxygen atoms in total. The quantitative estimate of drug-likeness (QED) is 0.841. The molecule has 120 valence electrons. The Morgan fingerprint density at radius 3 is 2.70 bits per heavy atom. The minimum Gasteiger partial charge on any atom is -0.328 e. The van der Waals surface area contributed by atoms with E-state index in [4.69, 9.17) is 11.6 Å². The Morgan fingerprint density at radius 1 is 1.22 bits per heavy atom. The molecule has 2 aliphatic rings. The van der Waals surface area contributed by atoms with Crippen LogP contribution in [0.2, 0.25) is 5.02 Å². The number of benzene rings is 1. The number of carbonyl (C=O) groups excluding carboxylic acids is 1. The molecule has 1 aromatic heterocycles. The van der Waals surface area contributed by atoms with E-state index < -0.39 is 0 Å². The van der Waals surface area contributed by atoms with Crippen LogP contribution in [-0.4, -0.2) is 51.7 Å². The van der Waals surface area contributed by atoms with Crippen molar-refractivity contribution in [3.8, 4) is 0 Å². The van der Waals surface area contributed by atoms with Gasteiger partial charge < -0.3 is 14.4 Å². The molecule has 0 radical (unpaired) electrons. The van der Waals surface area contributed by atoms with E-state index in [0.717, 1.165) is 29.5 Å². The normalized spacial score (nSPS) is 20.8. The van der Waals surface area contributed by atoms with Gasteiger partial charge in [0.2, 0.25) is 0 Å². The number of rotatable bonds is 2. The predicted octanol–water partition coefficient (Wildman–Crippen LogP) is 1.76. The Balaban J connectivity index is 1.77. The number of aromatic nitrogens is 2. The molecule has 2 aromatic rings. The summed E-state index contributed by atoms with van der Waals surface area (Å²) in [5.41, 5.74) is 1.80. The lowest BCUT2D eigenvalue weighted by atomic mass is 10.2. The van der Waals surface area contributed by atoms with Gasteiger partial charge in [-0.15, -0.1) is 0 Å². The first-order valence-corrected chi connectivity index (χ1v) is 7.97. The van der Waals surface area contributed by atoms with Gasteiger partial charge in [0.15, 0.2) is 17.8 Å². The Kier molecular flexibility index (Phi) is 3.32. The highest BCUT2D eigenvalue weighted by atomic mass is 35.5. The van der Waals surface area contributed by atoms with Crippen LogP contribution in [0, 0.1) is 0 Å². The number of anilines is 1. The van der Waals surface area contributed by atoms with Gasteiger partial charge in [0, 0.05) is 31.7 Å². The highest BCUT2D eigenvalue weighted by molar-refractivity contribution is 6.30. The van der Waals surface area contributed by atoms with Crippen molar-refractivity contribution >= 4 is 23.3 Å². The molecule has 1 amide bonds. The van der Waals surface area contributed by atoms with Crippen LogP contribution in [0.4, 0.5) is 5.82 Å². The van der Waals surface area contributed by atoms with Gasteiger partial charge in [-0.3, -0.25) is 9.69 Å². The van der Waals surface area contributed by atoms with Gasteiger partial charge in [0.1, 0.15) is 0 Å². The molecule has 1 saturated heterocycles. The van der Waals surface area contributed by atoms with E-state index in [2.05, 4.69) is 14.8 Å². The first-order chi connectivity index (χ1) is 11.1. The summed E-state index contributed by atoms with van der Waals surface area (Å²) in [5, 5.41) is 0.723. The maximum absolute atomic E-state index is 12.8. The van der Waals surface area contributed by atoms with Crippen LogP contribution in [0.15, 0.2) is 30.6 Å². The number of hydrogen-bond donors (Lipinski definition) is 0. The van der Waals surface area contributed by atoms with Crippen molar-refractivity contribution in [1.29, 1.82) is 0 Å². The van der Waals surface area contributed by atoms with Gasteiger partial charge in [-0.25, -0.2) is 4.98 Å². The van der Waals surface area contributed by atoms with Gasteiger partial charge >= 0.3 is 0 Å². The average Bonchev–Trinajstić information content (AvgIpc) is 3.10. The molecular weight excluding hydrogens is 314 g/mol. The van der Waals surface area contributed by atoms with E-state index >= 15 is 0 Å². The van der Waals surface area contributed by atoms with E-state index in [1.54, 1.807) is 10.9 Å². The molecule has 0 saturated carbocycles. The SMILES string of the molecule is CN1CCN2C(=O)c3c(ncn3C)N(Cc3ccc(Cl)cc3)C12. The molecule has 0 bridgehead atoms. The third-order valence-corrected chi connectivity index (χ3v) is 4.82. The number of hydrogen-bond acceptors (Lipinski definition) is 4. The molecular formula is C16H18ClN5O. The van der Waals surface area contributed by atoms with E-state index in [-0.39, 0.29) is 12.2 Å². The number of halogens is 1. The lowest BCUT2D eigenvalue weighted by Gasteiger charge is -2.42. The fourth-order valence-corrected chi connectivity index (χ4v) is 3.54. The molecule has 0 N–H and O–H groups in total. The van der Waals surface area contributed by atoms with Crippen molar-refractivity contribution in [1.82, 2.24) is 19.4 Å². The van der Waals surface area contributed by atoms with E-state index in [9.17, 15) is 4.79 Å². The first-order valence-electron chi connectivity index (χ1n) is 7.60. The van der Waals surface area contributed by atoms with Crippen LogP contribution in [0.3, 0.4) is 0 Å². The fourth-order valence-electron chi connectivity index (χ4n) is 3.41. The molecule has 0 spiro atoms. The second-order valence-corrected chi connectivity index (χ2v) is 6.54. The Hall–Kier alpha value is -2.05. The molecule has 0 aliphatic carbocycles. The first kappa shape index (κ1) is 14.5. The average molecular weight is 332 g/mol. The minimum atomic E-state index is -0.0828. The number of nitrogens with zero attached hydrogens (tertiary/aromatic N) is 5. The summed E-state index contributed by atoms with van der Waals surface area (Å²) >= 11 is 5.98. The maximum Gasteiger partial charge on any atom is 0.277 e. The van der Waals surface area contributed by atoms with Gasteiger partial charge in [-0.05, 0) is 24.7 Å². The summed E-state index contributed by atoms with van der Waals surface area (Å²) in [6.45, 7) is 2.28. The summed E-state index contributed by atoms with van der Waals surface area (Å²) in [4.78, 5) is 23.5. The van der Waals surface area contributed by atoms with Crippen molar-refractivity contribution in [2.24, 2.45) is 7.05 Å². The van der Waals surface area contributed by atoms with Crippen molar-refractivity contribution < 1.29 is 4.79 Å². The lowest BCUT2D eigenvalue weighted by molar-refractivity contribution is 0.0610. The largest absolute Gasteiger partial charge is 0.328 e. The number of amides is 1. The van der Waals surface area contributed by atoms with Gasteiger partial charge in [0.25, 0.3) is 5.91 Å². The minimum absolute atomic E-state index is 0.0571. The van der Waals surface area contributed by atoms with Crippen LogP contribution >= 0.6 is 11.6 Å². The molecule has 23 heavy (non-hydrogen) atoms. The maximum atomic E-state index is 12.8. The molecule has 4 rings (SSSR count). The number of fused-ring (bicyclic) bond motifs is 2. The third kappa shape index (κ3) is 2.21. The number of imidazole rings is 1. The monoisotopic (exact) mass is 331 g/mol. The van der Waals surface area contributed by atoms with Crippen LogP contribution in [0.5, 0.6) is 0 Å². The van der Waals surface area contributed by atoms with E-state index in [1.807, 2.05) is 43.3 Å². The Bertz CT molecular complexity index is 756. The second-order valence-electron chi connectivity index (χ2n) is 6.11. The summed E-state index contributed by atoms with van der Waals surface area (Å²) in [6.07, 6.45) is 1.63. The molecule has 1 aromatic carbocycles. The van der Waals surface area contributed by atoms with Crippen molar-refractivity contribution in [2.45, 2.75) is 12.8 Å². The second kappa shape index (κ2) is 5.25. The van der Waals surface area contributed by atoms with E-state index in [0.29, 0.717) is 12.2 Å². The fraction of sp³-hybridized carbons (Fsp3) is 0.375. The molecule has 7 heteroatoms. The summed E-state index contributed by atoms with van der Waals surface area (Å²) < 4.78 is 1.81. The van der Waals surface area contributed by atoms with Crippen LogP contribution in [-0.2, 0) is 13.6 Å². The molecule has 1 fully saturated rings. The summed E-state index contributed by atoms with van der Waals surface area (Å²) in [7, 11) is 3.91. The van der Waals surface area contributed by atoms with Gasteiger partial charge in [-0.1, -0.05) is 23.7 Å². The topological polar surface area (TPSA) is 44.6 Å². The van der Waals surface area contributed by atoms with Crippen molar-refractivity contribution in [3.63, 3.8) is 0 Å². The van der Waals surface area contributed by atoms with Crippen LogP contribution in [0.1, 0.15) is 16.1 Å². The molecule has 1 unspecified atom stereocenters. The highest BCUT2D eigenvalue weighted by Crippen LogP contribution is 2.34. The van der Waals surface area contributed by atoms with Crippen LogP contribution in [0.25, 0.3) is 0 Å². The van der Waals surface area contributed by atoms with Crippen LogP contribution < -0.4 is 4.90 Å². The number of likely N-dealkylation sites (N-methyl/N-ethyl adjacent to an activating group) is 1. The molecule has 1 atom stereocenters.